The van der Waals surface area contributed by atoms with E-state index in [2.05, 4.69) is 5.10 Å². The summed E-state index contributed by atoms with van der Waals surface area (Å²) >= 11 is 1.49. The van der Waals surface area contributed by atoms with Crippen LogP contribution in [-0.4, -0.2) is 16.9 Å². The largest absolute Gasteiger partial charge is 0.433 e. The third kappa shape index (κ3) is 3.62. The fourth-order valence-electron chi connectivity index (χ4n) is 3.87. The van der Waals surface area contributed by atoms with Crippen LogP contribution in [0.3, 0.4) is 0 Å². The number of thiophene rings is 1. The first-order valence-electron chi connectivity index (χ1n) is 8.56. The fourth-order valence-corrected chi connectivity index (χ4v) is 5.09. The second kappa shape index (κ2) is 7.11. The SMILES string of the molecule is COC(c1ccc(-c2nn(C)c(C(F)(F)F)c2C)s1)C1CCCCC1. The third-order valence-corrected chi connectivity index (χ3v) is 6.18. The minimum Gasteiger partial charge on any atom is -0.376 e. The van der Waals surface area contributed by atoms with E-state index >= 15 is 0 Å². The van der Waals surface area contributed by atoms with Crippen LogP contribution in [0.15, 0.2) is 12.1 Å². The zero-order valence-corrected chi connectivity index (χ0v) is 15.5. The van der Waals surface area contributed by atoms with Gasteiger partial charge in [-0.25, -0.2) is 0 Å². The molecule has 1 saturated carbocycles. The van der Waals surface area contributed by atoms with Crippen LogP contribution < -0.4 is 0 Å². The zero-order chi connectivity index (χ0) is 18.2. The molecule has 2 aromatic rings. The summed E-state index contributed by atoms with van der Waals surface area (Å²) in [6.45, 7) is 1.49. The smallest absolute Gasteiger partial charge is 0.376 e. The molecule has 1 aliphatic carbocycles. The van der Waals surface area contributed by atoms with Gasteiger partial charge in [-0.2, -0.15) is 18.3 Å². The predicted octanol–water partition coefficient (Wildman–Crippen LogP) is 5.74. The van der Waals surface area contributed by atoms with Gasteiger partial charge in [-0.1, -0.05) is 19.3 Å². The lowest BCUT2D eigenvalue weighted by molar-refractivity contribution is -0.144. The van der Waals surface area contributed by atoms with Gasteiger partial charge in [0.2, 0.25) is 0 Å². The topological polar surface area (TPSA) is 27.1 Å². The Hall–Kier alpha value is -1.34. The molecule has 1 fully saturated rings. The van der Waals surface area contributed by atoms with Crippen molar-refractivity contribution in [2.75, 3.05) is 7.11 Å². The van der Waals surface area contributed by atoms with Crippen LogP contribution in [0, 0.1) is 12.8 Å². The number of alkyl halides is 3. The predicted molar refractivity (Wildman–Crippen MR) is 92.6 cm³/mol. The van der Waals surface area contributed by atoms with Crippen molar-refractivity contribution in [3.8, 4) is 10.6 Å². The normalized spacial score (nSPS) is 17.8. The molecule has 7 heteroatoms. The molecule has 0 N–H and O–H groups in total. The maximum absolute atomic E-state index is 13.2. The number of hydrogen-bond donors (Lipinski definition) is 0. The number of aromatic nitrogens is 2. The van der Waals surface area contributed by atoms with Crippen molar-refractivity contribution < 1.29 is 17.9 Å². The fraction of sp³-hybridized carbons (Fsp3) is 0.611. The molecule has 0 saturated heterocycles. The van der Waals surface area contributed by atoms with Crippen LogP contribution in [-0.2, 0) is 18.0 Å². The van der Waals surface area contributed by atoms with Crippen LogP contribution in [0.5, 0.6) is 0 Å². The van der Waals surface area contributed by atoms with Gasteiger partial charge in [-0.15, -0.1) is 11.3 Å². The van der Waals surface area contributed by atoms with Crippen molar-refractivity contribution in [3.05, 3.63) is 28.3 Å². The van der Waals surface area contributed by atoms with Gasteiger partial charge in [-0.05, 0) is 37.8 Å². The average Bonchev–Trinajstić information content (AvgIpc) is 3.13. The molecule has 1 aliphatic rings. The maximum Gasteiger partial charge on any atom is 0.433 e. The maximum atomic E-state index is 13.2. The standard InChI is InChI=1S/C18H23F3N2OS/c1-11-15(22-23(2)17(11)18(19,20)21)13-9-10-14(25-13)16(24-3)12-7-5-4-6-8-12/h9-10,12,16H,4-8H2,1-3H3. The van der Waals surface area contributed by atoms with Gasteiger partial charge in [0.1, 0.15) is 11.4 Å². The number of nitrogens with zero attached hydrogens (tertiary/aromatic N) is 2. The van der Waals surface area contributed by atoms with Crippen molar-refractivity contribution in [3.63, 3.8) is 0 Å². The highest BCUT2D eigenvalue weighted by molar-refractivity contribution is 7.15. The van der Waals surface area contributed by atoms with E-state index in [9.17, 15) is 13.2 Å². The molecule has 25 heavy (non-hydrogen) atoms. The molecule has 138 valence electrons. The highest BCUT2D eigenvalue weighted by Crippen LogP contribution is 2.42. The second-order valence-corrected chi connectivity index (χ2v) is 7.82. The minimum atomic E-state index is -4.40. The molecule has 0 aliphatic heterocycles. The summed E-state index contributed by atoms with van der Waals surface area (Å²) in [5.74, 6) is 0.487. The van der Waals surface area contributed by atoms with E-state index in [1.54, 1.807) is 7.11 Å². The summed E-state index contributed by atoms with van der Waals surface area (Å²) in [7, 11) is 3.06. The van der Waals surface area contributed by atoms with Crippen molar-refractivity contribution in [1.29, 1.82) is 0 Å². The van der Waals surface area contributed by atoms with E-state index in [1.807, 2.05) is 12.1 Å². The Kier molecular flexibility index (Phi) is 5.25. The van der Waals surface area contributed by atoms with Gasteiger partial charge in [-0.3, -0.25) is 4.68 Å². The number of rotatable bonds is 4. The van der Waals surface area contributed by atoms with Crippen LogP contribution in [0.2, 0.25) is 0 Å². The van der Waals surface area contributed by atoms with Crippen LogP contribution >= 0.6 is 11.3 Å². The van der Waals surface area contributed by atoms with E-state index < -0.39 is 11.9 Å². The van der Waals surface area contributed by atoms with Crippen LogP contribution in [0.1, 0.15) is 54.3 Å². The number of methoxy groups -OCH3 is 1. The van der Waals surface area contributed by atoms with Gasteiger partial charge >= 0.3 is 6.18 Å². The summed E-state index contributed by atoms with van der Waals surface area (Å²) in [6.07, 6.45) is 1.62. The molecule has 0 amide bonds. The molecule has 0 aromatic carbocycles. The van der Waals surface area contributed by atoms with Gasteiger partial charge in [0.05, 0.1) is 11.0 Å². The summed E-state index contributed by atoms with van der Waals surface area (Å²) in [6, 6.07) is 3.84. The molecule has 0 spiro atoms. The Balaban J connectivity index is 1.91. The summed E-state index contributed by atoms with van der Waals surface area (Å²) in [5.41, 5.74) is -0.104. The Morgan fingerprint density at radius 2 is 1.92 bits per heavy atom. The number of aryl methyl sites for hydroxylation is 1. The molecule has 0 radical (unpaired) electrons. The number of hydrogen-bond acceptors (Lipinski definition) is 3. The molecule has 3 rings (SSSR count). The summed E-state index contributed by atoms with van der Waals surface area (Å²) in [4.78, 5) is 1.83. The first-order chi connectivity index (χ1) is 11.8. The first kappa shape index (κ1) is 18.5. The highest BCUT2D eigenvalue weighted by Gasteiger charge is 2.38. The van der Waals surface area contributed by atoms with Crippen LogP contribution in [0.4, 0.5) is 13.2 Å². The third-order valence-electron chi connectivity index (χ3n) is 5.03. The average molecular weight is 372 g/mol. The first-order valence-corrected chi connectivity index (χ1v) is 9.38. The van der Waals surface area contributed by atoms with Gasteiger partial charge in [0.15, 0.2) is 0 Å². The van der Waals surface area contributed by atoms with E-state index in [4.69, 9.17) is 4.74 Å². The van der Waals surface area contributed by atoms with E-state index in [1.165, 1.54) is 44.6 Å². The molecule has 2 heterocycles. The zero-order valence-electron chi connectivity index (χ0n) is 14.7. The number of halogens is 3. The lowest BCUT2D eigenvalue weighted by Gasteiger charge is -2.28. The Labute approximate surface area is 149 Å². The highest BCUT2D eigenvalue weighted by atomic mass is 32.1. The van der Waals surface area contributed by atoms with E-state index in [0.29, 0.717) is 11.6 Å². The molecular formula is C18H23F3N2OS. The summed E-state index contributed by atoms with van der Waals surface area (Å²) < 4.78 is 46.2. The Morgan fingerprint density at radius 3 is 2.48 bits per heavy atom. The molecule has 2 aromatic heterocycles. The lowest BCUT2D eigenvalue weighted by atomic mass is 9.84. The van der Waals surface area contributed by atoms with Crippen molar-refractivity contribution in [2.45, 2.75) is 51.3 Å². The van der Waals surface area contributed by atoms with Crippen molar-refractivity contribution in [1.82, 2.24) is 9.78 Å². The quantitative estimate of drug-likeness (QED) is 0.684. The van der Waals surface area contributed by atoms with Crippen LogP contribution in [0.25, 0.3) is 10.6 Å². The molecule has 0 bridgehead atoms. The van der Waals surface area contributed by atoms with E-state index in [-0.39, 0.29) is 11.7 Å². The van der Waals surface area contributed by atoms with Crippen molar-refractivity contribution in [2.24, 2.45) is 13.0 Å². The molecule has 1 atom stereocenters. The second-order valence-electron chi connectivity index (χ2n) is 6.70. The Morgan fingerprint density at radius 1 is 1.24 bits per heavy atom. The molecule has 3 nitrogen and oxygen atoms in total. The number of ether oxygens (including phenoxy) is 1. The van der Waals surface area contributed by atoms with Gasteiger partial charge < -0.3 is 4.74 Å². The van der Waals surface area contributed by atoms with Gasteiger partial charge in [0, 0.05) is 24.6 Å². The Bertz CT molecular complexity index is 729. The minimum absolute atomic E-state index is 0.0187. The van der Waals surface area contributed by atoms with Crippen molar-refractivity contribution >= 4 is 11.3 Å². The van der Waals surface area contributed by atoms with E-state index in [0.717, 1.165) is 27.3 Å². The summed E-state index contributed by atoms with van der Waals surface area (Å²) in [5, 5.41) is 4.12. The lowest BCUT2D eigenvalue weighted by Crippen LogP contribution is -2.16. The molecular weight excluding hydrogens is 349 g/mol. The van der Waals surface area contributed by atoms with Gasteiger partial charge in [0.25, 0.3) is 0 Å². The monoisotopic (exact) mass is 372 g/mol. The molecule has 1 unspecified atom stereocenters.